The van der Waals surface area contributed by atoms with Crippen LogP contribution in [0.25, 0.3) is 11.1 Å². The Morgan fingerprint density at radius 3 is 3.00 bits per heavy atom. The van der Waals surface area contributed by atoms with Crippen LogP contribution >= 0.6 is 0 Å². The second-order valence-electron chi connectivity index (χ2n) is 5.69. The fraction of sp³-hybridized carbons (Fsp3) is 0.250. The Morgan fingerprint density at radius 1 is 1.43 bits per heavy atom. The van der Waals surface area contributed by atoms with Crippen LogP contribution in [0.15, 0.2) is 33.8 Å². The Bertz CT molecular complexity index is 969. The molecule has 1 aliphatic rings. The van der Waals surface area contributed by atoms with Crippen LogP contribution in [-0.4, -0.2) is 21.0 Å². The number of aromatic amines is 1. The van der Waals surface area contributed by atoms with Gasteiger partial charge in [0.25, 0.3) is 11.6 Å². The molecule has 1 saturated carbocycles. The van der Waals surface area contributed by atoms with Gasteiger partial charge in [0.1, 0.15) is 5.69 Å². The maximum atomic E-state index is 12.7. The third-order valence-corrected chi connectivity index (χ3v) is 3.95. The lowest BCUT2D eigenvalue weighted by Gasteiger charge is -2.07. The average molecular weight is 310 g/mol. The van der Waals surface area contributed by atoms with E-state index in [1.165, 1.54) is 18.5 Å². The van der Waals surface area contributed by atoms with Crippen molar-refractivity contribution in [1.82, 2.24) is 15.1 Å². The van der Waals surface area contributed by atoms with E-state index in [-0.39, 0.29) is 17.0 Å². The van der Waals surface area contributed by atoms with E-state index < -0.39 is 0 Å². The van der Waals surface area contributed by atoms with E-state index in [1.54, 1.807) is 13.0 Å². The Morgan fingerprint density at radius 2 is 2.26 bits per heavy atom. The molecule has 2 N–H and O–H groups in total. The third kappa shape index (κ3) is 2.40. The summed E-state index contributed by atoms with van der Waals surface area (Å²) in [6.45, 7) is 1.76. The largest absolute Gasteiger partial charge is 0.366 e. The molecule has 1 aliphatic carbocycles. The van der Waals surface area contributed by atoms with Gasteiger partial charge in [0.05, 0.1) is 16.6 Å². The summed E-state index contributed by atoms with van der Waals surface area (Å²) in [5.74, 6) is -0.00113. The molecule has 0 aliphatic heterocycles. The van der Waals surface area contributed by atoms with Gasteiger partial charge in [-0.05, 0) is 25.8 Å². The van der Waals surface area contributed by atoms with Crippen molar-refractivity contribution in [1.29, 1.82) is 0 Å². The summed E-state index contributed by atoms with van der Waals surface area (Å²) in [5, 5.41) is 7.12. The number of aromatic nitrogens is 3. The minimum absolute atomic E-state index is 0.199. The lowest BCUT2D eigenvalue weighted by Crippen LogP contribution is -2.18. The highest BCUT2D eigenvalue weighted by Crippen LogP contribution is 2.40. The van der Waals surface area contributed by atoms with Crippen molar-refractivity contribution in [2.75, 3.05) is 5.32 Å². The Balaban J connectivity index is 1.80. The predicted molar refractivity (Wildman–Crippen MR) is 83.5 cm³/mol. The summed E-state index contributed by atoms with van der Waals surface area (Å²) >= 11 is 0. The van der Waals surface area contributed by atoms with Gasteiger partial charge in [-0.25, -0.2) is 4.98 Å². The van der Waals surface area contributed by atoms with Crippen LogP contribution in [0.2, 0.25) is 0 Å². The van der Waals surface area contributed by atoms with E-state index in [0.717, 1.165) is 18.5 Å². The van der Waals surface area contributed by atoms with Crippen LogP contribution < -0.4 is 10.7 Å². The van der Waals surface area contributed by atoms with Crippen molar-refractivity contribution in [2.45, 2.75) is 25.7 Å². The molecular formula is C16H14N4O3. The predicted octanol–water partition coefficient (Wildman–Crippen LogP) is 2.35. The van der Waals surface area contributed by atoms with E-state index in [0.29, 0.717) is 28.3 Å². The number of carbonyl (C=O) groups is 1. The lowest BCUT2D eigenvalue weighted by molar-refractivity contribution is 0.102. The van der Waals surface area contributed by atoms with Gasteiger partial charge in [0.15, 0.2) is 0 Å². The molecule has 7 nitrogen and oxygen atoms in total. The molecule has 0 atom stereocenters. The van der Waals surface area contributed by atoms with Gasteiger partial charge in [0, 0.05) is 30.1 Å². The van der Waals surface area contributed by atoms with Crippen LogP contribution in [0.3, 0.4) is 0 Å². The second kappa shape index (κ2) is 5.05. The SMILES string of the molecule is Cc1noc2nc(C3CC3)cc(C(=O)Nc3c[nH]ccc3=O)c12. The van der Waals surface area contributed by atoms with Gasteiger partial charge in [0.2, 0.25) is 5.43 Å². The lowest BCUT2D eigenvalue weighted by atomic mass is 10.1. The first-order valence-electron chi connectivity index (χ1n) is 7.39. The normalized spacial score (nSPS) is 14.1. The first kappa shape index (κ1) is 13.7. The number of hydrogen-bond acceptors (Lipinski definition) is 5. The van der Waals surface area contributed by atoms with E-state index >= 15 is 0 Å². The first-order chi connectivity index (χ1) is 11.1. The molecule has 1 fully saturated rings. The maximum absolute atomic E-state index is 12.7. The number of nitrogens with zero attached hydrogens (tertiary/aromatic N) is 2. The van der Waals surface area contributed by atoms with Crippen molar-refractivity contribution < 1.29 is 9.32 Å². The van der Waals surface area contributed by atoms with Crippen LogP contribution in [0.4, 0.5) is 5.69 Å². The average Bonchev–Trinajstić information content (AvgIpc) is 3.33. The monoisotopic (exact) mass is 310 g/mol. The molecule has 0 unspecified atom stereocenters. The molecule has 0 spiro atoms. The summed E-state index contributed by atoms with van der Waals surface area (Å²) in [7, 11) is 0. The fourth-order valence-electron chi connectivity index (χ4n) is 2.58. The number of fused-ring (bicyclic) bond motifs is 1. The second-order valence-corrected chi connectivity index (χ2v) is 5.69. The van der Waals surface area contributed by atoms with Crippen molar-refractivity contribution in [3.05, 3.63) is 51.7 Å². The van der Waals surface area contributed by atoms with E-state index in [2.05, 4.69) is 20.4 Å². The molecule has 0 bridgehead atoms. The zero-order valence-electron chi connectivity index (χ0n) is 12.4. The molecule has 3 heterocycles. The highest BCUT2D eigenvalue weighted by atomic mass is 16.5. The number of amides is 1. The third-order valence-electron chi connectivity index (χ3n) is 3.95. The fourth-order valence-corrected chi connectivity index (χ4v) is 2.58. The Labute approximate surface area is 130 Å². The number of nitrogens with one attached hydrogen (secondary N) is 2. The topological polar surface area (TPSA) is 101 Å². The highest BCUT2D eigenvalue weighted by Gasteiger charge is 2.28. The minimum Gasteiger partial charge on any atom is -0.366 e. The standard InChI is InChI=1S/C16H14N4O3/c1-8-14-10(15(22)18-12-7-17-5-4-13(12)21)6-11(9-2-3-9)19-16(14)23-20-8/h4-7,9H,2-3H2,1H3,(H,17,21)(H,18,22). The number of aryl methyl sites for hydroxylation is 1. The number of carbonyl (C=O) groups excluding carboxylic acids is 1. The number of rotatable bonds is 3. The van der Waals surface area contributed by atoms with Gasteiger partial charge in [-0.3, -0.25) is 9.59 Å². The molecule has 3 aromatic rings. The number of hydrogen-bond donors (Lipinski definition) is 2. The summed E-state index contributed by atoms with van der Waals surface area (Å²) in [6, 6.07) is 3.13. The molecule has 7 heteroatoms. The molecule has 0 saturated heterocycles. The zero-order chi connectivity index (χ0) is 16.0. The molecule has 0 aromatic carbocycles. The Kier molecular flexibility index (Phi) is 3.00. The molecule has 1 amide bonds. The van der Waals surface area contributed by atoms with E-state index in [9.17, 15) is 9.59 Å². The van der Waals surface area contributed by atoms with Crippen LogP contribution in [0.5, 0.6) is 0 Å². The quantitative estimate of drug-likeness (QED) is 0.773. The molecule has 3 aromatic heterocycles. The van der Waals surface area contributed by atoms with E-state index in [1.807, 2.05) is 0 Å². The summed E-state index contributed by atoms with van der Waals surface area (Å²) < 4.78 is 5.22. The van der Waals surface area contributed by atoms with Crippen molar-refractivity contribution >= 4 is 22.7 Å². The summed E-state index contributed by atoms with van der Waals surface area (Å²) in [4.78, 5) is 31.7. The number of anilines is 1. The van der Waals surface area contributed by atoms with Crippen molar-refractivity contribution in [3.8, 4) is 0 Å². The van der Waals surface area contributed by atoms with Crippen molar-refractivity contribution in [2.24, 2.45) is 0 Å². The molecule has 23 heavy (non-hydrogen) atoms. The molecular weight excluding hydrogens is 296 g/mol. The van der Waals surface area contributed by atoms with E-state index in [4.69, 9.17) is 4.52 Å². The van der Waals surface area contributed by atoms with Crippen LogP contribution in [0.1, 0.15) is 40.5 Å². The van der Waals surface area contributed by atoms with Gasteiger partial charge >= 0.3 is 0 Å². The Hall–Kier alpha value is -2.96. The van der Waals surface area contributed by atoms with Crippen molar-refractivity contribution in [3.63, 3.8) is 0 Å². The van der Waals surface area contributed by atoms with Gasteiger partial charge in [-0.2, -0.15) is 0 Å². The highest BCUT2D eigenvalue weighted by molar-refractivity contribution is 6.12. The van der Waals surface area contributed by atoms with Gasteiger partial charge < -0.3 is 14.8 Å². The summed E-state index contributed by atoms with van der Waals surface area (Å²) in [5.41, 5.74) is 2.16. The molecule has 116 valence electrons. The number of H-pyrrole nitrogens is 1. The first-order valence-corrected chi connectivity index (χ1v) is 7.39. The molecule has 0 radical (unpaired) electrons. The summed E-state index contributed by atoms with van der Waals surface area (Å²) in [6.07, 6.45) is 5.09. The van der Waals surface area contributed by atoms with Gasteiger partial charge in [-0.15, -0.1) is 0 Å². The zero-order valence-corrected chi connectivity index (χ0v) is 12.4. The molecule has 4 rings (SSSR count). The number of pyridine rings is 2. The smallest absolute Gasteiger partial charge is 0.259 e. The maximum Gasteiger partial charge on any atom is 0.259 e. The van der Waals surface area contributed by atoms with Gasteiger partial charge in [-0.1, -0.05) is 5.16 Å². The van der Waals surface area contributed by atoms with Crippen LogP contribution in [-0.2, 0) is 0 Å². The minimum atomic E-state index is -0.373. The van der Waals surface area contributed by atoms with Crippen LogP contribution in [0, 0.1) is 6.92 Å².